The van der Waals surface area contributed by atoms with E-state index in [9.17, 15) is 14.5 Å². The van der Waals surface area contributed by atoms with Gasteiger partial charge < -0.3 is 10.2 Å². The number of benzene rings is 1. The van der Waals surface area contributed by atoms with E-state index in [-0.39, 0.29) is 11.7 Å². The van der Waals surface area contributed by atoms with Crippen molar-refractivity contribution in [2.24, 2.45) is 0 Å². The number of hydrogen-bond donors (Lipinski definition) is 1. The minimum Gasteiger partial charge on any atom is -0.377 e. The Morgan fingerprint density at radius 2 is 2.17 bits per heavy atom. The lowest BCUT2D eigenvalue weighted by Gasteiger charge is -2.17. The van der Waals surface area contributed by atoms with Crippen LogP contribution in [0.5, 0.6) is 0 Å². The van der Waals surface area contributed by atoms with E-state index < -0.39 is 10.7 Å². The van der Waals surface area contributed by atoms with E-state index in [4.69, 9.17) is 0 Å². The fraction of sp³-hybridized carbons (Fsp3) is 0.500. The van der Waals surface area contributed by atoms with Gasteiger partial charge >= 0.3 is 0 Å². The zero-order valence-electron chi connectivity index (χ0n) is 10.8. The summed E-state index contributed by atoms with van der Waals surface area (Å²) in [5.41, 5.74) is 0.124. The van der Waals surface area contributed by atoms with Gasteiger partial charge in [0.15, 0.2) is 0 Å². The van der Waals surface area contributed by atoms with Crippen LogP contribution in [-0.4, -0.2) is 36.5 Å². The van der Waals surface area contributed by atoms with E-state index in [1.807, 2.05) is 25.9 Å². The number of nitrogens with zero attached hydrogens (tertiary/aromatic N) is 2. The molecular weight excluding hydrogens is 237 g/mol. The highest BCUT2D eigenvalue weighted by atomic mass is 19.1. The van der Waals surface area contributed by atoms with Crippen LogP contribution in [0, 0.1) is 15.9 Å². The molecule has 0 radical (unpaired) electrons. The van der Waals surface area contributed by atoms with Crippen LogP contribution in [0.4, 0.5) is 15.8 Å². The minimum absolute atomic E-state index is 0.0801. The van der Waals surface area contributed by atoms with Gasteiger partial charge in [0.1, 0.15) is 11.5 Å². The van der Waals surface area contributed by atoms with Gasteiger partial charge in [0.2, 0.25) is 0 Å². The van der Waals surface area contributed by atoms with Crippen molar-refractivity contribution >= 4 is 11.4 Å². The third-order valence-corrected chi connectivity index (χ3v) is 2.57. The van der Waals surface area contributed by atoms with Crippen molar-refractivity contribution in [1.29, 1.82) is 0 Å². The van der Waals surface area contributed by atoms with Gasteiger partial charge in [-0.25, -0.2) is 4.39 Å². The maximum Gasteiger partial charge on any atom is 0.295 e. The van der Waals surface area contributed by atoms with Crippen LogP contribution in [0.25, 0.3) is 0 Å². The molecule has 1 aromatic rings. The molecule has 5 nitrogen and oxygen atoms in total. The van der Waals surface area contributed by atoms with Crippen molar-refractivity contribution in [2.75, 3.05) is 26.0 Å². The minimum atomic E-state index is -0.604. The summed E-state index contributed by atoms with van der Waals surface area (Å²) in [6.07, 6.45) is 0.849. The molecule has 1 atom stereocenters. The first-order valence-corrected chi connectivity index (χ1v) is 5.75. The largest absolute Gasteiger partial charge is 0.377 e. The summed E-state index contributed by atoms with van der Waals surface area (Å²) in [6, 6.07) is 3.63. The summed E-state index contributed by atoms with van der Waals surface area (Å²) in [5, 5.41) is 13.9. The van der Waals surface area contributed by atoms with Gasteiger partial charge in [-0.1, -0.05) is 0 Å². The van der Waals surface area contributed by atoms with Gasteiger partial charge in [-0.15, -0.1) is 0 Å². The molecule has 0 aromatic heterocycles. The molecule has 1 unspecified atom stereocenters. The summed E-state index contributed by atoms with van der Waals surface area (Å²) in [5.74, 6) is -0.604. The Bertz CT molecular complexity index is 424. The van der Waals surface area contributed by atoms with E-state index in [2.05, 4.69) is 5.32 Å². The highest BCUT2D eigenvalue weighted by molar-refractivity contribution is 5.61. The molecule has 6 heteroatoms. The topological polar surface area (TPSA) is 58.4 Å². The maximum atomic E-state index is 13.0. The maximum absolute atomic E-state index is 13.0. The Morgan fingerprint density at radius 3 is 2.72 bits per heavy atom. The summed E-state index contributed by atoms with van der Waals surface area (Å²) < 4.78 is 13.0. The summed E-state index contributed by atoms with van der Waals surface area (Å²) in [7, 11) is 3.93. The summed E-state index contributed by atoms with van der Waals surface area (Å²) >= 11 is 0. The highest BCUT2D eigenvalue weighted by Crippen LogP contribution is 2.25. The predicted octanol–water partition coefficient (Wildman–Crippen LogP) is 2.49. The SMILES string of the molecule is CC(CCN(C)C)Nc1ccc(F)cc1[N+](=O)[O-]. The Balaban J connectivity index is 2.74. The van der Waals surface area contributed by atoms with Gasteiger partial charge in [0.25, 0.3) is 5.69 Å². The van der Waals surface area contributed by atoms with Crippen LogP contribution >= 0.6 is 0 Å². The van der Waals surface area contributed by atoms with E-state index in [0.717, 1.165) is 19.0 Å². The molecule has 0 saturated heterocycles. The average Bonchev–Trinajstić information content (AvgIpc) is 2.28. The van der Waals surface area contributed by atoms with Gasteiger partial charge in [0, 0.05) is 6.04 Å². The summed E-state index contributed by atoms with van der Waals surface area (Å²) in [6.45, 7) is 2.82. The van der Waals surface area contributed by atoms with Crippen molar-refractivity contribution in [3.8, 4) is 0 Å². The fourth-order valence-electron chi connectivity index (χ4n) is 1.57. The molecule has 100 valence electrons. The van der Waals surface area contributed by atoms with Crippen LogP contribution in [-0.2, 0) is 0 Å². The lowest BCUT2D eigenvalue weighted by molar-refractivity contribution is -0.384. The smallest absolute Gasteiger partial charge is 0.295 e. The molecular formula is C12H18FN3O2. The van der Waals surface area contributed by atoms with Crippen LogP contribution in [0.2, 0.25) is 0 Å². The number of nitrogens with one attached hydrogen (secondary N) is 1. The Hall–Kier alpha value is -1.69. The monoisotopic (exact) mass is 255 g/mol. The molecule has 1 N–H and O–H groups in total. The van der Waals surface area contributed by atoms with Gasteiger partial charge in [-0.05, 0) is 46.1 Å². The number of halogens is 1. The number of anilines is 1. The molecule has 0 aliphatic heterocycles. The number of nitro benzene ring substituents is 1. The molecule has 1 rings (SSSR count). The van der Waals surface area contributed by atoms with E-state index in [1.165, 1.54) is 12.1 Å². The number of rotatable bonds is 6. The van der Waals surface area contributed by atoms with E-state index in [1.54, 1.807) is 0 Å². The quantitative estimate of drug-likeness (QED) is 0.626. The summed E-state index contributed by atoms with van der Waals surface area (Å²) in [4.78, 5) is 12.3. The van der Waals surface area contributed by atoms with E-state index >= 15 is 0 Å². The van der Waals surface area contributed by atoms with Crippen molar-refractivity contribution in [3.63, 3.8) is 0 Å². The highest BCUT2D eigenvalue weighted by Gasteiger charge is 2.16. The van der Waals surface area contributed by atoms with Crippen LogP contribution < -0.4 is 5.32 Å². The lowest BCUT2D eigenvalue weighted by atomic mass is 10.2. The second kappa shape index (κ2) is 6.30. The van der Waals surface area contributed by atoms with Gasteiger partial charge in [-0.3, -0.25) is 10.1 Å². The van der Waals surface area contributed by atoms with Crippen LogP contribution in [0.1, 0.15) is 13.3 Å². The van der Waals surface area contributed by atoms with Crippen molar-refractivity contribution in [3.05, 3.63) is 34.1 Å². The van der Waals surface area contributed by atoms with Crippen molar-refractivity contribution in [1.82, 2.24) is 4.90 Å². The molecule has 0 bridgehead atoms. The van der Waals surface area contributed by atoms with Gasteiger partial charge in [0.05, 0.1) is 11.0 Å². The predicted molar refractivity (Wildman–Crippen MR) is 69.3 cm³/mol. The molecule has 0 heterocycles. The molecule has 0 amide bonds. The molecule has 0 saturated carbocycles. The normalized spacial score (nSPS) is 12.5. The first-order chi connectivity index (χ1) is 8.40. The van der Waals surface area contributed by atoms with Crippen LogP contribution in [0.3, 0.4) is 0 Å². The van der Waals surface area contributed by atoms with Crippen molar-refractivity contribution in [2.45, 2.75) is 19.4 Å². The Kier molecular flexibility index (Phi) is 5.03. The fourth-order valence-corrected chi connectivity index (χ4v) is 1.57. The Morgan fingerprint density at radius 1 is 1.50 bits per heavy atom. The number of nitro groups is 1. The zero-order valence-corrected chi connectivity index (χ0v) is 10.8. The lowest BCUT2D eigenvalue weighted by Crippen LogP contribution is -2.23. The van der Waals surface area contributed by atoms with Crippen LogP contribution in [0.15, 0.2) is 18.2 Å². The number of hydrogen-bond acceptors (Lipinski definition) is 4. The molecule has 1 aromatic carbocycles. The molecule has 0 spiro atoms. The van der Waals surface area contributed by atoms with Crippen molar-refractivity contribution < 1.29 is 9.31 Å². The molecule has 0 fully saturated rings. The average molecular weight is 255 g/mol. The second-order valence-electron chi connectivity index (χ2n) is 4.56. The second-order valence-corrected chi connectivity index (χ2v) is 4.56. The zero-order chi connectivity index (χ0) is 13.7. The molecule has 0 aliphatic carbocycles. The van der Waals surface area contributed by atoms with Gasteiger partial charge in [-0.2, -0.15) is 0 Å². The standard InChI is InChI=1S/C12H18FN3O2/c1-9(6-7-15(2)3)14-11-5-4-10(13)8-12(11)16(17)18/h4-5,8-9,14H,6-7H2,1-3H3. The third-order valence-electron chi connectivity index (χ3n) is 2.57. The first kappa shape index (κ1) is 14.4. The third kappa shape index (κ3) is 4.29. The molecule has 0 aliphatic rings. The Labute approximate surface area is 106 Å². The van der Waals surface area contributed by atoms with E-state index in [0.29, 0.717) is 5.69 Å². The first-order valence-electron chi connectivity index (χ1n) is 5.75. The molecule has 18 heavy (non-hydrogen) atoms.